The maximum Gasteiger partial charge on any atom is 0.257 e. The average Bonchev–Trinajstić information content (AvgIpc) is 3.22. The number of para-hydroxylation sites is 2. The van der Waals surface area contributed by atoms with Gasteiger partial charge in [-0.15, -0.1) is 0 Å². The normalized spacial score (nSPS) is 14.0. The molecule has 5 rings (SSSR count). The Labute approximate surface area is 180 Å². The number of aromatic nitrogens is 3. The number of carbonyl (C=O) groups is 1. The number of hydrogen-bond donors (Lipinski definition) is 1. The minimum absolute atomic E-state index is 0.189. The molecule has 4 aromatic rings. The molecule has 0 spiro atoms. The van der Waals surface area contributed by atoms with Crippen molar-refractivity contribution in [1.82, 2.24) is 14.8 Å². The molecule has 7 heteroatoms. The predicted octanol–water partition coefficient (Wildman–Crippen LogP) is 3.57. The molecule has 2 aromatic heterocycles. The number of amides is 1. The lowest BCUT2D eigenvalue weighted by atomic mass is 10.2. The molecule has 156 valence electrons. The van der Waals surface area contributed by atoms with E-state index in [0.29, 0.717) is 25.3 Å². The van der Waals surface area contributed by atoms with E-state index >= 15 is 0 Å². The van der Waals surface area contributed by atoms with Gasteiger partial charge >= 0.3 is 0 Å². The molecule has 2 aromatic carbocycles. The zero-order valence-corrected chi connectivity index (χ0v) is 17.1. The first-order chi connectivity index (χ1) is 15.3. The van der Waals surface area contributed by atoms with Crippen LogP contribution >= 0.6 is 0 Å². The topological polar surface area (TPSA) is 72.3 Å². The number of anilines is 2. The molecule has 0 unspecified atom stereocenters. The summed E-state index contributed by atoms with van der Waals surface area (Å²) in [6.45, 7) is 3.63. The third kappa shape index (κ3) is 4.13. The van der Waals surface area contributed by atoms with Gasteiger partial charge < -0.3 is 15.0 Å². The fourth-order valence-corrected chi connectivity index (χ4v) is 3.82. The Balaban J connectivity index is 1.36. The van der Waals surface area contributed by atoms with Crippen LogP contribution in [-0.2, 0) is 11.3 Å². The first-order valence-corrected chi connectivity index (χ1v) is 10.4. The highest BCUT2D eigenvalue weighted by Crippen LogP contribution is 2.27. The molecule has 1 saturated heterocycles. The summed E-state index contributed by atoms with van der Waals surface area (Å²) in [7, 11) is 0. The van der Waals surface area contributed by atoms with Crippen LogP contribution in [0.3, 0.4) is 0 Å². The van der Waals surface area contributed by atoms with Gasteiger partial charge in [-0.3, -0.25) is 4.79 Å². The van der Waals surface area contributed by atoms with Crippen molar-refractivity contribution in [2.75, 3.05) is 36.5 Å². The van der Waals surface area contributed by atoms with Crippen LogP contribution in [0.2, 0.25) is 0 Å². The Morgan fingerprint density at radius 2 is 1.77 bits per heavy atom. The van der Waals surface area contributed by atoms with Gasteiger partial charge in [-0.25, -0.2) is 9.67 Å². The van der Waals surface area contributed by atoms with Gasteiger partial charge in [0, 0.05) is 24.7 Å². The molecule has 7 nitrogen and oxygen atoms in total. The number of pyridine rings is 1. The van der Waals surface area contributed by atoms with Crippen LogP contribution in [0.4, 0.5) is 11.4 Å². The van der Waals surface area contributed by atoms with Gasteiger partial charge in [-0.1, -0.05) is 42.5 Å². The van der Waals surface area contributed by atoms with Crippen molar-refractivity contribution >= 4 is 28.3 Å². The number of morpholine rings is 1. The second-order valence-corrected chi connectivity index (χ2v) is 7.50. The van der Waals surface area contributed by atoms with Crippen LogP contribution in [0.25, 0.3) is 11.0 Å². The molecule has 1 aliphatic rings. The maximum atomic E-state index is 13.0. The quantitative estimate of drug-likeness (QED) is 0.542. The number of fused-ring (bicyclic) bond motifs is 1. The monoisotopic (exact) mass is 413 g/mol. The van der Waals surface area contributed by atoms with E-state index in [0.717, 1.165) is 41.1 Å². The number of hydrogen-bond acceptors (Lipinski definition) is 5. The van der Waals surface area contributed by atoms with Crippen molar-refractivity contribution in [3.8, 4) is 0 Å². The van der Waals surface area contributed by atoms with E-state index in [2.05, 4.69) is 32.4 Å². The first-order valence-electron chi connectivity index (χ1n) is 10.4. The Morgan fingerprint density at radius 3 is 2.61 bits per heavy atom. The van der Waals surface area contributed by atoms with E-state index in [9.17, 15) is 4.79 Å². The van der Waals surface area contributed by atoms with Gasteiger partial charge in [0.05, 0.1) is 42.9 Å². The largest absolute Gasteiger partial charge is 0.378 e. The van der Waals surface area contributed by atoms with Crippen LogP contribution in [0.15, 0.2) is 73.1 Å². The second-order valence-electron chi connectivity index (χ2n) is 7.50. The van der Waals surface area contributed by atoms with Crippen LogP contribution in [-0.4, -0.2) is 47.0 Å². The lowest BCUT2D eigenvalue weighted by molar-refractivity contribution is 0.102. The zero-order chi connectivity index (χ0) is 21.0. The first kappa shape index (κ1) is 19.3. The molecule has 1 amide bonds. The highest BCUT2D eigenvalue weighted by atomic mass is 16.5. The Morgan fingerprint density at radius 1 is 1.00 bits per heavy atom. The summed E-state index contributed by atoms with van der Waals surface area (Å²) in [5, 5.41) is 8.34. The lowest BCUT2D eigenvalue weighted by Crippen LogP contribution is -2.36. The van der Waals surface area contributed by atoms with Gasteiger partial charge in [0.25, 0.3) is 5.91 Å². The molecule has 0 radical (unpaired) electrons. The molecule has 0 saturated carbocycles. The molecule has 1 N–H and O–H groups in total. The van der Waals surface area contributed by atoms with Gasteiger partial charge in [0.2, 0.25) is 0 Å². The van der Waals surface area contributed by atoms with Crippen molar-refractivity contribution in [1.29, 1.82) is 0 Å². The van der Waals surface area contributed by atoms with Gasteiger partial charge in [-0.05, 0) is 23.8 Å². The van der Waals surface area contributed by atoms with E-state index in [1.165, 1.54) is 0 Å². The summed E-state index contributed by atoms with van der Waals surface area (Å²) in [5.74, 6) is -0.189. The smallest absolute Gasteiger partial charge is 0.257 e. The molecule has 3 heterocycles. The van der Waals surface area contributed by atoms with Gasteiger partial charge in [-0.2, -0.15) is 5.10 Å². The van der Waals surface area contributed by atoms with E-state index < -0.39 is 0 Å². The van der Waals surface area contributed by atoms with Crippen molar-refractivity contribution in [3.63, 3.8) is 0 Å². The highest BCUT2D eigenvalue weighted by Gasteiger charge is 2.17. The molecule has 0 atom stereocenters. The Hall–Kier alpha value is -3.71. The molecular weight excluding hydrogens is 390 g/mol. The summed E-state index contributed by atoms with van der Waals surface area (Å²) in [6.07, 6.45) is 3.36. The predicted molar refractivity (Wildman–Crippen MR) is 120 cm³/mol. The zero-order valence-electron chi connectivity index (χ0n) is 17.1. The fraction of sp³-hybridized carbons (Fsp3) is 0.208. The molecule has 1 aliphatic heterocycles. The molecule has 31 heavy (non-hydrogen) atoms. The van der Waals surface area contributed by atoms with E-state index in [1.54, 1.807) is 12.4 Å². The SMILES string of the molecule is O=C(Nc1ccccc1N1CCOCC1)c1cnc2c(cnn2Cc2ccccc2)c1. The molecule has 1 fully saturated rings. The summed E-state index contributed by atoms with van der Waals surface area (Å²) in [4.78, 5) is 19.7. The number of nitrogens with zero attached hydrogens (tertiary/aromatic N) is 4. The number of rotatable bonds is 5. The van der Waals surface area contributed by atoms with E-state index in [-0.39, 0.29) is 5.91 Å². The Kier molecular flexibility index (Phi) is 5.33. The number of benzene rings is 2. The van der Waals surface area contributed by atoms with Crippen LogP contribution in [0, 0.1) is 0 Å². The lowest BCUT2D eigenvalue weighted by Gasteiger charge is -2.30. The van der Waals surface area contributed by atoms with E-state index in [4.69, 9.17) is 4.74 Å². The summed E-state index contributed by atoms with van der Waals surface area (Å²) in [6, 6.07) is 19.8. The van der Waals surface area contributed by atoms with Crippen molar-refractivity contribution < 1.29 is 9.53 Å². The standard InChI is InChI=1S/C24H23N5O2/c30-24(27-21-8-4-5-9-22(21)28-10-12-31-13-11-28)20-14-19-16-26-29(23(19)25-15-20)17-18-6-2-1-3-7-18/h1-9,14-16H,10-13,17H2,(H,27,30). The van der Waals surface area contributed by atoms with Gasteiger partial charge in [0.1, 0.15) is 0 Å². The molecular formula is C24H23N5O2. The minimum Gasteiger partial charge on any atom is -0.378 e. The van der Waals surface area contributed by atoms with E-state index in [1.807, 2.05) is 53.2 Å². The van der Waals surface area contributed by atoms with Crippen LogP contribution in [0.1, 0.15) is 15.9 Å². The fourth-order valence-electron chi connectivity index (χ4n) is 3.82. The van der Waals surface area contributed by atoms with Crippen LogP contribution in [0.5, 0.6) is 0 Å². The summed E-state index contributed by atoms with van der Waals surface area (Å²) >= 11 is 0. The minimum atomic E-state index is -0.189. The summed E-state index contributed by atoms with van der Waals surface area (Å²) in [5.41, 5.74) is 4.20. The highest BCUT2D eigenvalue weighted by molar-refractivity contribution is 6.07. The number of ether oxygens (including phenoxy) is 1. The third-order valence-electron chi connectivity index (χ3n) is 5.42. The average molecular weight is 413 g/mol. The van der Waals surface area contributed by atoms with Crippen molar-refractivity contribution in [3.05, 3.63) is 84.2 Å². The molecule has 0 aliphatic carbocycles. The molecule has 0 bridgehead atoms. The van der Waals surface area contributed by atoms with Crippen molar-refractivity contribution in [2.45, 2.75) is 6.54 Å². The summed E-state index contributed by atoms with van der Waals surface area (Å²) < 4.78 is 7.29. The number of carbonyl (C=O) groups excluding carboxylic acids is 1. The Bertz CT molecular complexity index is 1200. The second kappa shape index (κ2) is 8.57. The maximum absolute atomic E-state index is 13.0. The van der Waals surface area contributed by atoms with Crippen LogP contribution < -0.4 is 10.2 Å². The van der Waals surface area contributed by atoms with Gasteiger partial charge in [0.15, 0.2) is 5.65 Å². The third-order valence-corrected chi connectivity index (χ3v) is 5.42. The van der Waals surface area contributed by atoms with Crippen molar-refractivity contribution in [2.24, 2.45) is 0 Å². The number of nitrogens with one attached hydrogen (secondary N) is 1.